The van der Waals surface area contributed by atoms with Crippen LogP contribution in [0.1, 0.15) is 69.4 Å². The minimum absolute atomic E-state index is 0.0840. The second-order valence-corrected chi connectivity index (χ2v) is 7.35. The van der Waals surface area contributed by atoms with Gasteiger partial charge in [0.25, 0.3) is 0 Å². The molecule has 0 unspecified atom stereocenters. The molecule has 1 rings (SSSR count). The molecule has 4 heteroatoms. The Labute approximate surface area is 150 Å². The second kappa shape index (κ2) is 8.75. The van der Waals surface area contributed by atoms with Crippen LogP contribution in [0.4, 0.5) is 0 Å². The number of phenolic OH excluding ortho intramolecular Hbond substituents is 2. The highest BCUT2D eigenvalue weighted by molar-refractivity contribution is 6.02. The first kappa shape index (κ1) is 20.8. The smallest absolute Gasteiger partial charge is 0.170 e. The van der Waals surface area contributed by atoms with E-state index in [2.05, 4.69) is 0 Å². The van der Waals surface area contributed by atoms with E-state index < -0.39 is 5.75 Å². The fourth-order valence-corrected chi connectivity index (χ4v) is 2.54. The van der Waals surface area contributed by atoms with Gasteiger partial charge in [0.05, 0.1) is 0 Å². The predicted molar refractivity (Wildman–Crippen MR) is 99.3 cm³/mol. The van der Waals surface area contributed by atoms with Crippen molar-refractivity contribution in [1.29, 1.82) is 0 Å². The number of Topliss-reactive ketones (excluding diaryl/α,β-unsaturated/α-hetero) is 1. The van der Waals surface area contributed by atoms with Crippen LogP contribution in [0.3, 0.4) is 0 Å². The SMILES string of the molecule is CC(C)=CCc1c([O-])c(CC=C(C)C)c(O)c(C(=O)CC(C)C)c1O. The van der Waals surface area contributed by atoms with E-state index in [4.69, 9.17) is 0 Å². The lowest BCUT2D eigenvalue weighted by molar-refractivity contribution is -0.270. The molecule has 0 heterocycles. The van der Waals surface area contributed by atoms with Crippen LogP contribution in [0, 0.1) is 5.92 Å². The molecule has 0 aliphatic heterocycles. The van der Waals surface area contributed by atoms with Gasteiger partial charge in [-0.3, -0.25) is 4.79 Å². The first-order valence-corrected chi connectivity index (χ1v) is 8.62. The van der Waals surface area contributed by atoms with E-state index in [0.717, 1.165) is 11.1 Å². The van der Waals surface area contributed by atoms with Crippen LogP contribution in [0.5, 0.6) is 17.2 Å². The molecule has 0 radical (unpaired) electrons. The van der Waals surface area contributed by atoms with Gasteiger partial charge in [-0.25, -0.2) is 0 Å². The Morgan fingerprint density at radius 2 is 1.36 bits per heavy atom. The zero-order valence-corrected chi connectivity index (χ0v) is 16.1. The zero-order valence-electron chi connectivity index (χ0n) is 16.1. The van der Waals surface area contributed by atoms with Crippen molar-refractivity contribution in [3.8, 4) is 17.2 Å². The van der Waals surface area contributed by atoms with Crippen LogP contribution in [-0.4, -0.2) is 16.0 Å². The summed E-state index contributed by atoms with van der Waals surface area (Å²) in [5, 5.41) is 33.8. The van der Waals surface area contributed by atoms with Crippen LogP contribution in [0.15, 0.2) is 23.3 Å². The van der Waals surface area contributed by atoms with Crippen molar-refractivity contribution in [2.45, 2.75) is 60.8 Å². The Bertz CT molecular complexity index is 654. The predicted octanol–water partition coefficient (Wildman–Crippen LogP) is 4.42. The van der Waals surface area contributed by atoms with E-state index in [-0.39, 0.29) is 59.2 Å². The number of allylic oxidation sites excluding steroid dienone is 4. The quantitative estimate of drug-likeness (QED) is 0.566. The summed E-state index contributed by atoms with van der Waals surface area (Å²) in [5.41, 5.74) is 2.23. The first-order valence-electron chi connectivity index (χ1n) is 8.62. The van der Waals surface area contributed by atoms with E-state index in [1.165, 1.54) is 0 Å². The van der Waals surface area contributed by atoms with Crippen LogP contribution in [0.2, 0.25) is 0 Å². The van der Waals surface area contributed by atoms with E-state index in [0.29, 0.717) is 0 Å². The van der Waals surface area contributed by atoms with Gasteiger partial charge in [-0.05, 0) is 57.6 Å². The van der Waals surface area contributed by atoms with Crippen molar-refractivity contribution < 1.29 is 20.1 Å². The van der Waals surface area contributed by atoms with Crippen LogP contribution >= 0.6 is 0 Å². The summed E-state index contributed by atoms with van der Waals surface area (Å²) in [7, 11) is 0. The molecule has 25 heavy (non-hydrogen) atoms. The van der Waals surface area contributed by atoms with Gasteiger partial charge in [0, 0.05) is 6.42 Å². The Morgan fingerprint density at radius 3 is 1.68 bits per heavy atom. The lowest BCUT2D eigenvalue weighted by Gasteiger charge is -2.23. The lowest BCUT2D eigenvalue weighted by Crippen LogP contribution is -2.10. The van der Waals surface area contributed by atoms with Gasteiger partial charge >= 0.3 is 0 Å². The van der Waals surface area contributed by atoms with Crippen LogP contribution in [0.25, 0.3) is 0 Å². The number of benzene rings is 1. The Hall–Kier alpha value is -2.23. The van der Waals surface area contributed by atoms with Gasteiger partial charge in [0.15, 0.2) is 5.78 Å². The maximum Gasteiger partial charge on any atom is 0.170 e. The molecule has 0 aliphatic rings. The minimum Gasteiger partial charge on any atom is -0.872 e. The van der Waals surface area contributed by atoms with Gasteiger partial charge in [-0.2, -0.15) is 0 Å². The average molecular weight is 345 g/mol. The van der Waals surface area contributed by atoms with Gasteiger partial charge in [-0.1, -0.05) is 42.9 Å². The summed E-state index contributed by atoms with van der Waals surface area (Å²) in [6.45, 7) is 11.4. The number of hydrogen-bond acceptors (Lipinski definition) is 4. The summed E-state index contributed by atoms with van der Waals surface area (Å²) in [6, 6.07) is 0. The topological polar surface area (TPSA) is 80.6 Å². The molecule has 0 amide bonds. The molecule has 0 saturated heterocycles. The third-order valence-electron chi connectivity index (χ3n) is 3.89. The highest BCUT2D eigenvalue weighted by atomic mass is 16.3. The van der Waals surface area contributed by atoms with Gasteiger partial charge < -0.3 is 15.3 Å². The van der Waals surface area contributed by atoms with E-state index >= 15 is 0 Å². The Morgan fingerprint density at radius 1 is 0.960 bits per heavy atom. The molecule has 0 aromatic heterocycles. The molecule has 0 atom stereocenters. The molecule has 1 aromatic carbocycles. The van der Waals surface area contributed by atoms with Crippen LogP contribution < -0.4 is 5.11 Å². The molecule has 2 N–H and O–H groups in total. The molecule has 0 bridgehead atoms. The fourth-order valence-electron chi connectivity index (χ4n) is 2.54. The average Bonchev–Trinajstić information content (AvgIpc) is 2.45. The molecular formula is C21H29O4-. The molecule has 0 aliphatic carbocycles. The minimum atomic E-state index is -0.397. The molecule has 0 spiro atoms. The van der Waals surface area contributed by atoms with Crippen molar-refractivity contribution in [2.24, 2.45) is 5.92 Å². The van der Waals surface area contributed by atoms with Crippen molar-refractivity contribution in [3.05, 3.63) is 40.0 Å². The summed E-state index contributed by atoms with van der Waals surface area (Å²) in [6.07, 6.45) is 4.32. The number of phenols is 2. The molecule has 4 nitrogen and oxygen atoms in total. The standard InChI is InChI=1S/C21H30O4/c1-12(2)7-9-15-19(23)16(10-8-13(3)4)21(25)18(20(15)24)17(22)11-14(5)6/h7-8,14,23-25H,9-11H2,1-6H3/p-1. The highest BCUT2D eigenvalue weighted by Crippen LogP contribution is 2.42. The molecule has 0 fully saturated rings. The maximum absolute atomic E-state index is 12.7. The maximum atomic E-state index is 12.7. The number of hydrogen-bond donors (Lipinski definition) is 2. The van der Waals surface area contributed by atoms with Crippen molar-refractivity contribution in [3.63, 3.8) is 0 Å². The summed E-state index contributed by atoms with van der Waals surface area (Å²) in [5.74, 6) is -1.42. The second-order valence-electron chi connectivity index (χ2n) is 7.35. The zero-order chi connectivity index (χ0) is 19.3. The summed E-state index contributed by atoms with van der Waals surface area (Å²) >= 11 is 0. The first-order chi connectivity index (χ1) is 11.6. The van der Waals surface area contributed by atoms with Crippen molar-refractivity contribution in [2.75, 3.05) is 0 Å². The number of carbonyl (C=O) groups is 1. The molecular weight excluding hydrogens is 316 g/mol. The lowest BCUT2D eigenvalue weighted by atomic mass is 9.91. The summed E-state index contributed by atoms with van der Waals surface area (Å²) in [4.78, 5) is 12.5. The number of aromatic hydroxyl groups is 2. The monoisotopic (exact) mass is 345 g/mol. The van der Waals surface area contributed by atoms with E-state index in [1.807, 2.05) is 53.7 Å². The van der Waals surface area contributed by atoms with E-state index in [1.54, 1.807) is 0 Å². The highest BCUT2D eigenvalue weighted by Gasteiger charge is 2.24. The number of carbonyl (C=O) groups excluding carboxylic acids is 1. The Kier molecular flexibility index (Phi) is 7.28. The Balaban J connectivity index is 3.61. The molecule has 1 aromatic rings. The van der Waals surface area contributed by atoms with Gasteiger partial charge in [-0.15, -0.1) is 0 Å². The van der Waals surface area contributed by atoms with Gasteiger partial charge in [0.2, 0.25) is 0 Å². The third kappa shape index (κ3) is 5.38. The fraction of sp³-hybridized carbons (Fsp3) is 0.476. The van der Waals surface area contributed by atoms with Crippen LogP contribution in [-0.2, 0) is 12.8 Å². The largest absolute Gasteiger partial charge is 0.872 e. The molecule has 0 saturated carbocycles. The number of ketones is 1. The summed E-state index contributed by atoms with van der Waals surface area (Å²) < 4.78 is 0. The third-order valence-corrected chi connectivity index (χ3v) is 3.89. The van der Waals surface area contributed by atoms with Crippen molar-refractivity contribution >= 4 is 5.78 Å². The van der Waals surface area contributed by atoms with E-state index in [9.17, 15) is 20.1 Å². The van der Waals surface area contributed by atoms with Gasteiger partial charge in [0.1, 0.15) is 17.1 Å². The van der Waals surface area contributed by atoms with Crippen molar-refractivity contribution in [1.82, 2.24) is 0 Å². The normalized spacial score (nSPS) is 10.7. The number of rotatable bonds is 7. The molecule has 138 valence electrons.